The Morgan fingerprint density at radius 2 is 2.14 bits per heavy atom. The Labute approximate surface area is 90.6 Å². The Morgan fingerprint density at radius 1 is 1.36 bits per heavy atom. The third kappa shape index (κ3) is 1.95. The molecule has 2 aliphatic rings. The Kier molecular flexibility index (Phi) is 2.31. The second kappa shape index (κ2) is 3.35. The molecule has 1 aliphatic carbocycles. The van der Waals surface area contributed by atoms with Crippen molar-refractivity contribution in [2.24, 2.45) is 5.41 Å². The minimum atomic E-state index is 0.161. The van der Waals surface area contributed by atoms with E-state index in [0.717, 1.165) is 18.0 Å². The molecule has 0 aromatic carbocycles. The van der Waals surface area contributed by atoms with Gasteiger partial charge in [-0.2, -0.15) is 0 Å². The van der Waals surface area contributed by atoms with Crippen LogP contribution in [-0.2, 0) is 0 Å². The number of thiocarbonyl (C=S) groups is 1. The van der Waals surface area contributed by atoms with E-state index < -0.39 is 0 Å². The highest BCUT2D eigenvalue weighted by Gasteiger charge is 2.20. The first-order chi connectivity index (χ1) is 6.57. The lowest BCUT2D eigenvalue weighted by Crippen LogP contribution is -2.30. The number of rotatable bonds is 0. The lowest BCUT2D eigenvalue weighted by molar-refractivity contribution is 0.619. The summed E-state index contributed by atoms with van der Waals surface area (Å²) in [6.45, 7) is 5.33. The topological polar surface area (TPSA) is 12.0 Å². The predicted molar refractivity (Wildman–Crippen MR) is 64.3 cm³/mol. The Hall–Kier alpha value is -0.890. The summed E-state index contributed by atoms with van der Waals surface area (Å²) < 4.78 is 0. The van der Waals surface area contributed by atoms with Crippen LogP contribution in [0.25, 0.3) is 0 Å². The minimum Gasteiger partial charge on any atom is -0.375 e. The Morgan fingerprint density at radius 3 is 2.93 bits per heavy atom. The van der Waals surface area contributed by atoms with Gasteiger partial charge in [-0.3, -0.25) is 0 Å². The fraction of sp³-hybridized carbons (Fsp3) is 0.417. The first-order valence-corrected chi connectivity index (χ1v) is 5.35. The van der Waals surface area contributed by atoms with Gasteiger partial charge in [-0.1, -0.05) is 50.4 Å². The van der Waals surface area contributed by atoms with E-state index >= 15 is 0 Å². The molecule has 74 valence electrons. The zero-order valence-corrected chi connectivity index (χ0v) is 9.45. The Bertz CT molecular complexity index is 359. The van der Waals surface area contributed by atoms with Crippen LogP contribution in [0.15, 0.2) is 35.5 Å². The molecule has 14 heavy (non-hydrogen) atoms. The van der Waals surface area contributed by atoms with Crippen LogP contribution in [-0.4, -0.2) is 11.5 Å². The van der Waals surface area contributed by atoms with E-state index in [9.17, 15) is 0 Å². The van der Waals surface area contributed by atoms with Gasteiger partial charge in [0.2, 0.25) is 0 Å². The molecular formula is C12H15NS. The molecular weight excluding hydrogens is 190 g/mol. The summed E-state index contributed by atoms with van der Waals surface area (Å²) in [5.74, 6) is 0. The molecule has 0 aromatic rings. The molecule has 1 nitrogen and oxygen atoms in total. The number of hydrogen-bond donors (Lipinski definition) is 1. The van der Waals surface area contributed by atoms with E-state index in [2.05, 4.69) is 43.5 Å². The van der Waals surface area contributed by atoms with Crippen molar-refractivity contribution >= 4 is 17.2 Å². The highest BCUT2D eigenvalue weighted by atomic mass is 32.1. The molecule has 1 fully saturated rings. The molecule has 0 atom stereocenters. The largest absolute Gasteiger partial charge is 0.375 e. The summed E-state index contributed by atoms with van der Waals surface area (Å²) >= 11 is 5.17. The molecule has 1 heterocycles. The molecule has 0 radical (unpaired) electrons. The van der Waals surface area contributed by atoms with Crippen molar-refractivity contribution in [1.82, 2.24) is 5.32 Å². The third-order valence-corrected chi connectivity index (χ3v) is 2.90. The van der Waals surface area contributed by atoms with Crippen LogP contribution in [0.2, 0.25) is 0 Å². The van der Waals surface area contributed by atoms with Gasteiger partial charge in [0.1, 0.15) is 0 Å². The fourth-order valence-electron chi connectivity index (χ4n) is 1.88. The van der Waals surface area contributed by atoms with Gasteiger partial charge < -0.3 is 5.32 Å². The smallest absolute Gasteiger partial charge is 0.0800 e. The van der Waals surface area contributed by atoms with Gasteiger partial charge in [0.15, 0.2) is 0 Å². The minimum absolute atomic E-state index is 0.161. The first kappa shape index (κ1) is 9.66. The molecule has 0 saturated carbocycles. The number of nitrogens with one attached hydrogen (secondary N) is 1. The quantitative estimate of drug-likeness (QED) is 0.610. The lowest BCUT2D eigenvalue weighted by Gasteiger charge is -2.23. The standard InChI is InChI=1S/C12H15NS/c1-12(2)5-3-4-9-6-11(14)13-8-10(9)7-12/h3-5,7H,6,8H2,1-2H3,(H,13,14). The average molecular weight is 205 g/mol. The number of allylic oxidation sites excluding steroid dienone is 4. The zero-order valence-electron chi connectivity index (χ0n) is 8.63. The third-order valence-electron chi connectivity index (χ3n) is 2.61. The van der Waals surface area contributed by atoms with E-state index in [4.69, 9.17) is 12.2 Å². The van der Waals surface area contributed by atoms with Crippen molar-refractivity contribution in [2.45, 2.75) is 20.3 Å². The molecule has 2 heteroatoms. The monoisotopic (exact) mass is 205 g/mol. The van der Waals surface area contributed by atoms with E-state index in [1.807, 2.05) is 0 Å². The second-order valence-electron chi connectivity index (χ2n) is 4.50. The van der Waals surface area contributed by atoms with Gasteiger partial charge in [0.25, 0.3) is 0 Å². The first-order valence-electron chi connectivity index (χ1n) is 4.94. The predicted octanol–water partition coefficient (Wildman–Crippen LogP) is 2.76. The SMILES string of the molecule is CC1(C)C=CC=C2CC(=S)NCC2=C1. The molecule has 0 amide bonds. The van der Waals surface area contributed by atoms with Gasteiger partial charge in [-0.15, -0.1) is 0 Å². The molecule has 0 spiro atoms. The van der Waals surface area contributed by atoms with Crippen LogP contribution in [0.5, 0.6) is 0 Å². The van der Waals surface area contributed by atoms with Crippen LogP contribution >= 0.6 is 12.2 Å². The summed E-state index contributed by atoms with van der Waals surface area (Å²) in [6, 6.07) is 0. The van der Waals surface area contributed by atoms with Crippen molar-refractivity contribution in [1.29, 1.82) is 0 Å². The van der Waals surface area contributed by atoms with E-state index in [-0.39, 0.29) is 5.41 Å². The molecule has 1 N–H and O–H groups in total. The lowest BCUT2D eigenvalue weighted by atomic mass is 9.89. The van der Waals surface area contributed by atoms with Crippen molar-refractivity contribution in [3.05, 3.63) is 35.5 Å². The molecule has 0 unspecified atom stereocenters. The number of piperidine rings is 1. The van der Waals surface area contributed by atoms with Crippen LogP contribution in [0.3, 0.4) is 0 Å². The van der Waals surface area contributed by atoms with Crippen molar-refractivity contribution in [2.75, 3.05) is 6.54 Å². The van der Waals surface area contributed by atoms with Crippen LogP contribution in [0.1, 0.15) is 20.3 Å². The van der Waals surface area contributed by atoms with Crippen LogP contribution < -0.4 is 5.32 Å². The summed E-state index contributed by atoms with van der Waals surface area (Å²) in [6.07, 6.45) is 9.79. The number of fused-ring (bicyclic) bond motifs is 1. The summed E-state index contributed by atoms with van der Waals surface area (Å²) in [5, 5.41) is 3.24. The molecule has 1 saturated heterocycles. The van der Waals surface area contributed by atoms with Gasteiger partial charge in [-0.05, 0) is 11.1 Å². The molecule has 0 bridgehead atoms. The summed E-state index contributed by atoms with van der Waals surface area (Å²) in [7, 11) is 0. The molecule has 0 aromatic heterocycles. The average Bonchev–Trinajstić information content (AvgIpc) is 2.22. The van der Waals surface area contributed by atoms with Gasteiger partial charge >= 0.3 is 0 Å². The molecule has 2 rings (SSSR count). The maximum absolute atomic E-state index is 5.17. The number of hydrogen-bond acceptors (Lipinski definition) is 1. The van der Waals surface area contributed by atoms with Crippen molar-refractivity contribution < 1.29 is 0 Å². The molecule has 1 aliphatic heterocycles. The summed E-state index contributed by atoms with van der Waals surface area (Å²) in [5.41, 5.74) is 2.93. The van der Waals surface area contributed by atoms with E-state index in [1.54, 1.807) is 0 Å². The maximum Gasteiger partial charge on any atom is 0.0800 e. The fourth-order valence-corrected chi connectivity index (χ4v) is 2.10. The van der Waals surface area contributed by atoms with Crippen molar-refractivity contribution in [3.8, 4) is 0 Å². The van der Waals surface area contributed by atoms with Crippen molar-refractivity contribution in [3.63, 3.8) is 0 Å². The van der Waals surface area contributed by atoms with E-state index in [0.29, 0.717) is 0 Å². The van der Waals surface area contributed by atoms with Gasteiger partial charge in [0, 0.05) is 18.4 Å². The van der Waals surface area contributed by atoms with Crippen LogP contribution in [0, 0.1) is 5.41 Å². The maximum atomic E-state index is 5.17. The summed E-state index contributed by atoms with van der Waals surface area (Å²) in [4.78, 5) is 0.960. The van der Waals surface area contributed by atoms with Crippen LogP contribution in [0.4, 0.5) is 0 Å². The zero-order chi connectivity index (χ0) is 10.2. The van der Waals surface area contributed by atoms with Gasteiger partial charge in [0.05, 0.1) is 4.99 Å². The van der Waals surface area contributed by atoms with Gasteiger partial charge in [-0.25, -0.2) is 0 Å². The second-order valence-corrected chi connectivity index (χ2v) is 4.99. The van der Waals surface area contributed by atoms with E-state index in [1.165, 1.54) is 11.1 Å². The normalized spacial score (nSPS) is 24.3. The Balaban J connectivity index is 2.35. The highest BCUT2D eigenvalue weighted by molar-refractivity contribution is 7.80. The highest BCUT2D eigenvalue weighted by Crippen LogP contribution is 2.29.